The zero-order valence-electron chi connectivity index (χ0n) is 8.22. The van der Waals surface area contributed by atoms with E-state index in [0.717, 1.165) is 13.0 Å². The largest absolute Gasteiger partial charge is 0.366 e. The van der Waals surface area contributed by atoms with Crippen molar-refractivity contribution in [1.82, 2.24) is 0 Å². The van der Waals surface area contributed by atoms with Gasteiger partial charge < -0.3 is 4.90 Å². The number of fused-ring (bicyclic) bond motifs is 1. The van der Waals surface area contributed by atoms with Gasteiger partial charge in [0.25, 0.3) is 0 Å². The van der Waals surface area contributed by atoms with Gasteiger partial charge in [0.05, 0.1) is 0 Å². The SMILES string of the molecule is ClCCN1c2ccc(I)cc2CC1CCl. The van der Waals surface area contributed by atoms with Gasteiger partial charge in [-0.25, -0.2) is 0 Å². The van der Waals surface area contributed by atoms with E-state index < -0.39 is 0 Å². The summed E-state index contributed by atoms with van der Waals surface area (Å²) >= 11 is 14.1. The molecule has 0 N–H and O–H groups in total. The molecule has 1 aromatic carbocycles. The van der Waals surface area contributed by atoms with Gasteiger partial charge in [0.15, 0.2) is 0 Å². The van der Waals surface area contributed by atoms with Gasteiger partial charge in [0, 0.05) is 33.6 Å². The highest BCUT2D eigenvalue weighted by Crippen LogP contribution is 2.33. The summed E-state index contributed by atoms with van der Waals surface area (Å²) in [5, 5.41) is 0. The Morgan fingerprint density at radius 1 is 1.40 bits per heavy atom. The number of hydrogen-bond donors (Lipinski definition) is 0. The second-order valence-corrected chi connectivity index (χ2v) is 5.60. The van der Waals surface area contributed by atoms with E-state index in [1.165, 1.54) is 14.8 Å². The Morgan fingerprint density at radius 2 is 2.20 bits per heavy atom. The van der Waals surface area contributed by atoms with E-state index in [9.17, 15) is 0 Å². The van der Waals surface area contributed by atoms with Crippen LogP contribution in [0.4, 0.5) is 5.69 Å². The molecule has 1 aliphatic rings. The highest BCUT2D eigenvalue weighted by atomic mass is 127. The molecule has 2 rings (SSSR count). The minimum atomic E-state index is 0.415. The number of benzene rings is 1. The molecule has 0 saturated heterocycles. The van der Waals surface area contributed by atoms with Gasteiger partial charge in [-0.1, -0.05) is 0 Å². The van der Waals surface area contributed by atoms with Crippen LogP contribution in [0.5, 0.6) is 0 Å². The third-order valence-corrected chi connectivity index (χ3v) is 3.95. The average Bonchev–Trinajstić information content (AvgIpc) is 2.56. The number of alkyl halides is 2. The maximum atomic E-state index is 5.98. The molecule has 0 spiro atoms. The molecule has 0 bridgehead atoms. The van der Waals surface area contributed by atoms with Crippen LogP contribution in [0.15, 0.2) is 18.2 Å². The van der Waals surface area contributed by atoms with Crippen molar-refractivity contribution < 1.29 is 0 Å². The van der Waals surface area contributed by atoms with E-state index in [0.29, 0.717) is 17.8 Å². The van der Waals surface area contributed by atoms with Crippen LogP contribution in [0.25, 0.3) is 0 Å². The molecule has 4 heteroatoms. The number of nitrogens with zero attached hydrogens (tertiary/aromatic N) is 1. The van der Waals surface area contributed by atoms with E-state index in [-0.39, 0.29) is 0 Å². The fourth-order valence-corrected chi connectivity index (χ4v) is 3.10. The zero-order chi connectivity index (χ0) is 10.8. The Bertz CT molecular complexity index is 356. The van der Waals surface area contributed by atoms with Gasteiger partial charge in [0.2, 0.25) is 0 Å². The second kappa shape index (κ2) is 5.11. The first kappa shape index (κ1) is 11.8. The van der Waals surface area contributed by atoms with Gasteiger partial charge >= 0.3 is 0 Å². The monoisotopic (exact) mass is 355 g/mol. The molecule has 0 radical (unpaired) electrons. The van der Waals surface area contributed by atoms with E-state index in [1.807, 2.05) is 0 Å². The summed E-state index contributed by atoms with van der Waals surface area (Å²) in [6.45, 7) is 0.881. The van der Waals surface area contributed by atoms with Crippen LogP contribution < -0.4 is 4.90 Å². The molecule has 0 aliphatic carbocycles. The van der Waals surface area contributed by atoms with Crippen molar-refractivity contribution in [2.45, 2.75) is 12.5 Å². The Hall–Kier alpha value is 0.330. The Balaban J connectivity index is 2.31. The lowest BCUT2D eigenvalue weighted by Crippen LogP contribution is -2.34. The van der Waals surface area contributed by atoms with E-state index >= 15 is 0 Å². The van der Waals surface area contributed by atoms with Gasteiger partial charge in [0.1, 0.15) is 0 Å². The summed E-state index contributed by atoms with van der Waals surface area (Å²) in [7, 11) is 0. The fourth-order valence-electron chi connectivity index (χ4n) is 2.09. The molecule has 0 amide bonds. The van der Waals surface area contributed by atoms with Crippen molar-refractivity contribution in [2.75, 3.05) is 23.2 Å². The van der Waals surface area contributed by atoms with E-state index in [2.05, 4.69) is 45.7 Å². The first-order valence-electron chi connectivity index (χ1n) is 4.93. The molecular weight excluding hydrogens is 344 g/mol. The molecule has 0 saturated carbocycles. The van der Waals surface area contributed by atoms with Crippen LogP contribution >= 0.6 is 45.8 Å². The maximum absolute atomic E-state index is 5.98. The molecule has 1 aromatic rings. The van der Waals surface area contributed by atoms with Crippen molar-refractivity contribution >= 4 is 51.5 Å². The molecule has 1 nitrogen and oxygen atoms in total. The summed E-state index contributed by atoms with van der Waals surface area (Å²) in [4.78, 5) is 2.32. The highest BCUT2D eigenvalue weighted by molar-refractivity contribution is 14.1. The maximum Gasteiger partial charge on any atom is 0.0467 e. The molecule has 15 heavy (non-hydrogen) atoms. The molecule has 1 heterocycles. The minimum absolute atomic E-state index is 0.415. The molecule has 1 aliphatic heterocycles. The first-order valence-corrected chi connectivity index (χ1v) is 7.08. The second-order valence-electron chi connectivity index (χ2n) is 3.67. The van der Waals surface area contributed by atoms with Crippen LogP contribution in [0.2, 0.25) is 0 Å². The molecular formula is C11H12Cl2IN. The van der Waals surface area contributed by atoms with Crippen molar-refractivity contribution in [3.8, 4) is 0 Å². The third-order valence-electron chi connectivity index (χ3n) is 2.75. The lowest BCUT2D eigenvalue weighted by molar-refractivity contribution is 0.698. The number of halogens is 3. The Kier molecular flexibility index (Phi) is 4.02. The smallest absolute Gasteiger partial charge is 0.0467 e. The topological polar surface area (TPSA) is 3.24 Å². The van der Waals surface area contributed by atoms with Gasteiger partial charge in [-0.2, -0.15) is 0 Å². The first-order chi connectivity index (χ1) is 7.26. The quantitative estimate of drug-likeness (QED) is 0.592. The van der Waals surface area contributed by atoms with Crippen LogP contribution in [0, 0.1) is 3.57 Å². The lowest BCUT2D eigenvalue weighted by atomic mass is 10.1. The molecule has 82 valence electrons. The number of anilines is 1. The van der Waals surface area contributed by atoms with Crippen molar-refractivity contribution in [3.05, 3.63) is 27.3 Å². The summed E-state index contributed by atoms with van der Waals surface area (Å²) in [5.74, 6) is 1.32. The average molecular weight is 356 g/mol. The summed E-state index contributed by atoms with van der Waals surface area (Å²) in [6, 6.07) is 6.97. The van der Waals surface area contributed by atoms with E-state index in [1.54, 1.807) is 0 Å². The molecule has 0 fully saturated rings. The van der Waals surface area contributed by atoms with E-state index in [4.69, 9.17) is 23.2 Å². The Labute approximate surface area is 114 Å². The lowest BCUT2D eigenvalue weighted by Gasteiger charge is -2.25. The summed E-state index contributed by atoms with van der Waals surface area (Å²) in [5.41, 5.74) is 2.71. The van der Waals surface area contributed by atoms with Crippen molar-refractivity contribution in [3.63, 3.8) is 0 Å². The standard InChI is InChI=1S/C11H12Cl2IN/c12-3-4-15-10(7-13)6-8-5-9(14)1-2-11(8)15/h1-2,5,10H,3-4,6-7H2. The Morgan fingerprint density at radius 3 is 2.87 bits per heavy atom. The van der Waals surface area contributed by atoms with Crippen molar-refractivity contribution in [2.24, 2.45) is 0 Å². The van der Waals surface area contributed by atoms with Crippen LogP contribution in [0.3, 0.4) is 0 Å². The van der Waals surface area contributed by atoms with Gasteiger partial charge in [-0.3, -0.25) is 0 Å². The fraction of sp³-hybridized carbons (Fsp3) is 0.455. The molecule has 1 unspecified atom stereocenters. The molecule has 0 aromatic heterocycles. The predicted octanol–water partition coefficient (Wildman–Crippen LogP) is 3.50. The van der Waals surface area contributed by atoms with Gasteiger partial charge in [-0.05, 0) is 52.8 Å². The summed E-state index contributed by atoms with van der Waals surface area (Å²) in [6.07, 6.45) is 1.05. The van der Waals surface area contributed by atoms with Crippen LogP contribution in [-0.4, -0.2) is 24.3 Å². The van der Waals surface area contributed by atoms with Gasteiger partial charge in [-0.15, -0.1) is 23.2 Å². The third kappa shape index (κ3) is 2.37. The predicted molar refractivity (Wildman–Crippen MR) is 75.4 cm³/mol. The van der Waals surface area contributed by atoms with Crippen LogP contribution in [0.1, 0.15) is 5.56 Å². The highest BCUT2D eigenvalue weighted by Gasteiger charge is 2.27. The normalized spacial score (nSPS) is 19.4. The number of hydrogen-bond acceptors (Lipinski definition) is 1. The van der Waals surface area contributed by atoms with Crippen LogP contribution in [-0.2, 0) is 6.42 Å². The van der Waals surface area contributed by atoms with Crippen molar-refractivity contribution in [1.29, 1.82) is 0 Å². The number of rotatable bonds is 3. The summed E-state index contributed by atoms with van der Waals surface area (Å²) < 4.78 is 1.28. The minimum Gasteiger partial charge on any atom is -0.366 e. The molecule has 1 atom stereocenters. The zero-order valence-corrected chi connectivity index (χ0v) is 11.9.